The van der Waals surface area contributed by atoms with Gasteiger partial charge in [-0.1, -0.05) is 11.6 Å². The molecule has 1 saturated heterocycles. The van der Waals surface area contributed by atoms with Crippen molar-refractivity contribution in [2.24, 2.45) is 13.0 Å². The molecular weight excluding hydrogens is 326 g/mol. The highest BCUT2D eigenvalue weighted by Crippen LogP contribution is 2.22. The topological polar surface area (TPSA) is 63.1 Å². The third-order valence-electron chi connectivity index (χ3n) is 4.65. The van der Waals surface area contributed by atoms with Crippen molar-refractivity contribution in [3.8, 4) is 0 Å². The first-order chi connectivity index (χ1) is 11.5. The number of aryl methyl sites for hydroxylation is 1. The van der Waals surface area contributed by atoms with Gasteiger partial charge in [0.15, 0.2) is 11.0 Å². The summed E-state index contributed by atoms with van der Waals surface area (Å²) in [7, 11) is 2.01. The minimum Gasteiger partial charge on any atom is -0.354 e. The van der Waals surface area contributed by atoms with Crippen molar-refractivity contribution in [2.75, 3.05) is 18.0 Å². The molecule has 1 N–H and O–H groups in total. The molecule has 3 heterocycles. The number of nitrogens with zero attached hydrogens (tertiary/aromatic N) is 4. The van der Waals surface area contributed by atoms with Crippen LogP contribution in [-0.2, 0) is 18.4 Å². The average molecular weight is 348 g/mol. The van der Waals surface area contributed by atoms with Gasteiger partial charge in [-0.2, -0.15) is 0 Å². The molecule has 128 valence electrons. The van der Waals surface area contributed by atoms with Crippen molar-refractivity contribution in [3.63, 3.8) is 0 Å². The molecular formula is C17H22ClN5O. The summed E-state index contributed by atoms with van der Waals surface area (Å²) in [6.07, 6.45) is 1.86. The summed E-state index contributed by atoms with van der Waals surface area (Å²) in [6.45, 7) is 4.16. The molecule has 0 unspecified atom stereocenters. The fourth-order valence-corrected chi connectivity index (χ4v) is 3.14. The summed E-state index contributed by atoms with van der Waals surface area (Å²) < 4.78 is 2.09. The highest BCUT2D eigenvalue weighted by molar-refractivity contribution is 6.29. The van der Waals surface area contributed by atoms with Crippen LogP contribution in [0, 0.1) is 12.8 Å². The largest absolute Gasteiger partial charge is 0.354 e. The summed E-state index contributed by atoms with van der Waals surface area (Å²) in [6, 6.07) is 7.68. The van der Waals surface area contributed by atoms with Gasteiger partial charge in [0.25, 0.3) is 0 Å². The minimum atomic E-state index is -0.0300. The second-order valence-electron chi connectivity index (χ2n) is 6.24. The van der Waals surface area contributed by atoms with Crippen molar-refractivity contribution in [1.82, 2.24) is 20.1 Å². The molecule has 0 aromatic carbocycles. The average Bonchev–Trinajstić information content (AvgIpc) is 2.92. The van der Waals surface area contributed by atoms with E-state index in [1.165, 1.54) is 5.69 Å². The lowest BCUT2D eigenvalue weighted by molar-refractivity contribution is -0.125. The van der Waals surface area contributed by atoms with Crippen LogP contribution in [0.2, 0.25) is 5.15 Å². The quantitative estimate of drug-likeness (QED) is 0.921. The molecule has 1 atom stereocenters. The van der Waals surface area contributed by atoms with Crippen LogP contribution < -0.4 is 10.2 Å². The molecule has 0 aliphatic carbocycles. The zero-order valence-corrected chi connectivity index (χ0v) is 14.8. The van der Waals surface area contributed by atoms with Crippen LogP contribution in [0.3, 0.4) is 0 Å². The molecule has 0 saturated carbocycles. The summed E-state index contributed by atoms with van der Waals surface area (Å²) in [5.41, 5.74) is 2.29. The summed E-state index contributed by atoms with van der Waals surface area (Å²) in [4.78, 5) is 14.6. The maximum atomic E-state index is 12.5. The molecule has 0 spiro atoms. The Bertz CT molecular complexity index is 712. The number of carbonyl (C=O) groups is 1. The van der Waals surface area contributed by atoms with E-state index in [0.29, 0.717) is 18.2 Å². The van der Waals surface area contributed by atoms with E-state index in [1.807, 2.05) is 19.2 Å². The SMILES string of the molecule is Cc1ccc(CNC(=O)[C@@H]2CCCN(c3ccc(Cl)nn3)C2)n1C. The third-order valence-corrected chi connectivity index (χ3v) is 4.86. The highest BCUT2D eigenvalue weighted by atomic mass is 35.5. The number of carbonyl (C=O) groups excluding carboxylic acids is 1. The Labute approximate surface area is 146 Å². The molecule has 0 bridgehead atoms. The van der Waals surface area contributed by atoms with E-state index >= 15 is 0 Å². The molecule has 0 radical (unpaired) electrons. The van der Waals surface area contributed by atoms with Crippen LogP contribution in [0.25, 0.3) is 0 Å². The van der Waals surface area contributed by atoms with Gasteiger partial charge in [-0.05, 0) is 44.0 Å². The van der Waals surface area contributed by atoms with E-state index < -0.39 is 0 Å². The molecule has 24 heavy (non-hydrogen) atoms. The number of nitrogens with one attached hydrogen (secondary N) is 1. The fraction of sp³-hybridized carbons (Fsp3) is 0.471. The van der Waals surface area contributed by atoms with Gasteiger partial charge >= 0.3 is 0 Å². The minimum absolute atomic E-state index is 0.0300. The van der Waals surface area contributed by atoms with Gasteiger partial charge in [0.1, 0.15) is 0 Å². The monoisotopic (exact) mass is 347 g/mol. The van der Waals surface area contributed by atoms with E-state index in [4.69, 9.17) is 11.6 Å². The number of hydrogen-bond donors (Lipinski definition) is 1. The van der Waals surface area contributed by atoms with Crippen LogP contribution in [0.1, 0.15) is 24.2 Å². The Morgan fingerprint density at radius 1 is 1.33 bits per heavy atom. The van der Waals surface area contributed by atoms with E-state index in [0.717, 1.165) is 30.9 Å². The Balaban J connectivity index is 1.58. The predicted molar refractivity (Wildman–Crippen MR) is 94.0 cm³/mol. The zero-order chi connectivity index (χ0) is 17.1. The Kier molecular flexibility index (Phi) is 5.04. The van der Waals surface area contributed by atoms with Crippen molar-refractivity contribution in [3.05, 3.63) is 40.8 Å². The Hall–Kier alpha value is -2.08. The normalized spacial score (nSPS) is 17.8. The number of anilines is 1. The summed E-state index contributed by atoms with van der Waals surface area (Å²) >= 11 is 5.79. The van der Waals surface area contributed by atoms with Gasteiger partial charge in [-0.15, -0.1) is 10.2 Å². The first-order valence-corrected chi connectivity index (χ1v) is 8.55. The van der Waals surface area contributed by atoms with Crippen LogP contribution in [-0.4, -0.2) is 33.8 Å². The molecule has 1 aliphatic rings. The van der Waals surface area contributed by atoms with Crippen molar-refractivity contribution < 1.29 is 4.79 Å². The van der Waals surface area contributed by atoms with Gasteiger partial charge in [0, 0.05) is 31.5 Å². The lowest BCUT2D eigenvalue weighted by Crippen LogP contribution is -2.43. The first kappa shape index (κ1) is 16.8. The van der Waals surface area contributed by atoms with Crippen molar-refractivity contribution in [2.45, 2.75) is 26.3 Å². The predicted octanol–water partition coefficient (Wildman–Crippen LogP) is 2.31. The third kappa shape index (κ3) is 3.70. The maximum absolute atomic E-state index is 12.5. The fourth-order valence-electron chi connectivity index (χ4n) is 3.04. The molecule has 1 amide bonds. The molecule has 6 nitrogen and oxygen atoms in total. The Morgan fingerprint density at radius 3 is 2.83 bits per heavy atom. The zero-order valence-electron chi connectivity index (χ0n) is 14.0. The smallest absolute Gasteiger partial charge is 0.225 e. The second kappa shape index (κ2) is 7.21. The van der Waals surface area contributed by atoms with Crippen molar-refractivity contribution in [1.29, 1.82) is 0 Å². The van der Waals surface area contributed by atoms with Crippen LogP contribution in [0.5, 0.6) is 0 Å². The van der Waals surface area contributed by atoms with Gasteiger partial charge in [-0.25, -0.2) is 0 Å². The summed E-state index contributed by atoms with van der Waals surface area (Å²) in [5.74, 6) is 0.841. The van der Waals surface area contributed by atoms with E-state index in [-0.39, 0.29) is 11.8 Å². The van der Waals surface area contributed by atoms with Gasteiger partial charge in [0.2, 0.25) is 5.91 Å². The molecule has 7 heteroatoms. The van der Waals surface area contributed by atoms with E-state index in [1.54, 1.807) is 6.07 Å². The maximum Gasteiger partial charge on any atom is 0.225 e. The number of rotatable bonds is 4. The number of piperidine rings is 1. The molecule has 3 rings (SSSR count). The first-order valence-electron chi connectivity index (χ1n) is 8.17. The lowest BCUT2D eigenvalue weighted by Gasteiger charge is -2.32. The second-order valence-corrected chi connectivity index (χ2v) is 6.63. The standard InChI is InChI=1S/C17H22ClN5O/c1-12-5-6-14(22(12)2)10-19-17(24)13-4-3-9-23(11-13)16-8-7-15(18)20-21-16/h5-8,13H,3-4,9-11H2,1-2H3,(H,19,24)/t13-/m1/s1. The van der Waals surface area contributed by atoms with Crippen molar-refractivity contribution >= 4 is 23.3 Å². The van der Waals surface area contributed by atoms with Crippen LogP contribution >= 0.6 is 11.6 Å². The molecule has 1 fully saturated rings. The van der Waals surface area contributed by atoms with Gasteiger partial charge in [0.05, 0.1) is 12.5 Å². The Morgan fingerprint density at radius 2 is 2.17 bits per heavy atom. The number of amides is 1. The van der Waals surface area contributed by atoms with E-state index in [9.17, 15) is 4.79 Å². The van der Waals surface area contributed by atoms with Gasteiger partial charge in [-0.3, -0.25) is 4.79 Å². The lowest BCUT2D eigenvalue weighted by atomic mass is 9.97. The van der Waals surface area contributed by atoms with Gasteiger partial charge < -0.3 is 14.8 Å². The number of halogens is 1. The van der Waals surface area contributed by atoms with E-state index in [2.05, 4.69) is 38.0 Å². The molecule has 2 aromatic rings. The summed E-state index contributed by atoms with van der Waals surface area (Å²) in [5, 5.41) is 11.4. The molecule has 2 aromatic heterocycles. The number of aromatic nitrogens is 3. The van der Waals surface area contributed by atoms with Crippen LogP contribution in [0.15, 0.2) is 24.3 Å². The number of hydrogen-bond acceptors (Lipinski definition) is 4. The highest BCUT2D eigenvalue weighted by Gasteiger charge is 2.26. The van der Waals surface area contributed by atoms with Crippen LogP contribution in [0.4, 0.5) is 5.82 Å². The molecule has 1 aliphatic heterocycles.